The van der Waals surface area contributed by atoms with E-state index in [0.29, 0.717) is 44.1 Å². The number of hydrogen-bond acceptors (Lipinski definition) is 7. The Balaban J connectivity index is 1.26. The Kier molecular flexibility index (Phi) is 14.3. The highest BCUT2D eigenvalue weighted by Gasteiger charge is 2.51. The standard InChI is InChI=1S/C49H49F3N2O5/c1-3-40(41-25-24-39(26-34(41)2)42-27-54-44(28-53-42)49(50,51)52)45-47(57-31-37-20-12-6-13-21-37)48(58-32-38-22-14-7-15-23-38)46(56-30-36-18-10-5-11-19-36)43(59-45)33-55-29-35-16-8-4-9-17-35/h4-28,40,43,45-48H,3,29-33H2,1-2H3/t40?,43-,45-,46-,47-,48+/m1/s1. The molecule has 5 aromatic carbocycles. The molecule has 1 aliphatic heterocycles. The van der Waals surface area contributed by atoms with Crippen LogP contribution < -0.4 is 0 Å². The van der Waals surface area contributed by atoms with E-state index in [0.717, 1.165) is 45.8 Å². The second-order valence-electron chi connectivity index (χ2n) is 14.8. The maximum absolute atomic E-state index is 13.3. The van der Waals surface area contributed by atoms with Gasteiger partial charge in [-0.05, 0) is 52.8 Å². The first-order valence-electron chi connectivity index (χ1n) is 20.0. The van der Waals surface area contributed by atoms with Crippen molar-refractivity contribution in [3.05, 3.63) is 191 Å². The number of halogens is 3. The zero-order valence-electron chi connectivity index (χ0n) is 33.2. The van der Waals surface area contributed by atoms with Crippen LogP contribution in [0.5, 0.6) is 0 Å². The van der Waals surface area contributed by atoms with Crippen molar-refractivity contribution in [3.63, 3.8) is 0 Å². The van der Waals surface area contributed by atoms with Crippen molar-refractivity contribution in [2.75, 3.05) is 6.61 Å². The van der Waals surface area contributed by atoms with Crippen LogP contribution in [0.1, 0.15) is 58.3 Å². The smallest absolute Gasteiger partial charge is 0.374 e. The first-order valence-corrected chi connectivity index (χ1v) is 20.0. The Morgan fingerprint density at radius 2 is 1.12 bits per heavy atom. The summed E-state index contributed by atoms with van der Waals surface area (Å²) in [6, 6.07) is 45.9. The number of alkyl halides is 3. The summed E-state index contributed by atoms with van der Waals surface area (Å²) in [6.07, 6.45) is -4.75. The van der Waals surface area contributed by atoms with E-state index in [1.54, 1.807) is 0 Å². The molecule has 1 saturated heterocycles. The lowest BCUT2D eigenvalue weighted by molar-refractivity contribution is -0.276. The summed E-state index contributed by atoms with van der Waals surface area (Å²) in [5, 5.41) is 0. The average Bonchev–Trinajstić information content (AvgIpc) is 3.26. The topological polar surface area (TPSA) is 71.9 Å². The van der Waals surface area contributed by atoms with Gasteiger partial charge in [0.05, 0.1) is 57.2 Å². The third-order valence-electron chi connectivity index (χ3n) is 10.7. The number of aromatic nitrogens is 2. The van der Waals surface area contributed by atoms with Gasteiger partial charge in [-0.15, -0.1) is 0 Å². The van der Waals surface area contributed by atoms with E-state index < -0.39 is 42.4 Å². The monoisotopic (exact) mass is 802 g/mol. The summed E-state index contributed by atoms with van der Waals surface area (Å²) >= 11 is 0. The molecule has 59 heavy (non-hydrogen) atoms. The Morgan fingerprint density at radius 1 is 0.610 bits per heavy atom. The zero-order valence-corrected chi connectivity index (χ0v) is 33.2. The molecule has 0 amide bonds. The third kappa shape index (κ3) is 11.1. The normalized spacial score (nSPS) is 20.0. The third-order valence-corrected chi connectivity index (χ3v) is 10.7. The first-order chi connectivity index (χ1) is 28.8. The summed E-state index contributed by atoms with van der Waals surface area (Å²) in [4.78, 5) is 7.74. The first kappa shape index (κ1) is 41.9. The van der Waals surface area contributed by atoms with Gasteiger partial charge < -0.3 is 23.7 Å². The molecule has 1 aliphatic rings. The molecule has 6 atom stereocenters. The minimum atomic E-state index is -4.57. The lowest BCUT2D eigenvalue weighted by Crippen LogP contribution is -2.62. The molecule has 0 N–H and O–H groups in total. The van der Waals surface area contributed by atoms with Crippen LogP contribution in [0.3, 0.4) is 0 Å². The van der Waals surface area contributed by atoms with Crippen molar-refractivity contribution in [2.24, 2.45) is 0 Å². The van der Waals surface area contributed by atoms with Crippen LogP contribution >= 0.6 is 0 Å². The Hall–Kier alpha value is -5.23. The van der Waals surface area contributed by atoms with Crippen LogP contribution in [0.15, 0.2) is 152 Å². The van der Waals surface area contributed by atoms with Gasteiger partial charge in [-0.2, -0.15) is 13.2 Å². The van der Waals surface area contributed by atoms with Gasteiger partial charge in [0.2, 0.25) is 0 Å². The minimum Gasteiger partial charge on any atom is -0.374 e. The molecule has 0 aliphatic carbocycles. The van der Waals surface area contributed by atoms with E-state index in [1.807, 2.05) is 146 Å². The molecule has 0 spiro atoms. The maximum atomic E-state index is 13.3. The number of rotatable bonds is 17. The zero-order chi connectivity index (χ0) is 41.0. The van der Waals surface area contributed by atoms with Crippen LogP contribution in [0, 0.1) is 6.92 Å². The van der Waals surface area contributed by atoms with Crippen molar-refractivity contribution < 1.29 is 36.9 Å². The Bertz CT molecular complexity index is 2160. The maximum Gasteiger partial charge on any atom is 0.434 e. The molecule has 10 heteroatoms. The van der Waals surface area contributed by atoms with Crippen LogP contribution in [0.4, 0.5) is 13.2 Å². The van der Waals surface area contributed by atoms with Gasteiger partial charge in [-0.25, -0.2) is 4.98 Å². The van der Waals surface area contributed by atoms with Crippen LogP contribution in [-0.2, 0) is 56.3 Å². The summed E-state index contributed by atoms with van der Waals surface area (Å²) in [7, 11) is 0. The largest absolute Gasteiger partial charge is 0.434 e. The fourth-order valence-electron chi connectivity index (χ4n) is 7.65. The molecule has 2 heterocycles. The highest BCUT2D eigenvalue weighted by atomic mass is 19.4. The molecular weight excluding hydrogens is 754 g/mol. The van der Waals surface area contributed by atoms with E-state index in [9.17, 15) is 13.2 Å². The summed E-state index contributed by atoms with van der Waals surface area (Å²) in [6.45, 7) is 5.72. The lowest BCUT2D eigenvalue weighted by Gasteiger charge is -2.48. The van der Waals surface area contributed by atoms with Crippen molar-refractivity contribution in [2.45, 2.75) is 89.3 Å². The number of aryl methyl sites for hydroxylation is 1. The fourth-order valence-corrected chi connectivity index (χ4v) is 7.65. The molecule has 6 aromatic rings. The summed E-state index contributed by atoms with van der Waals surface area (Å²) in [5.41, 5.74) is 6.01. The van der Waals surface area contributed by atoms with Gasteiger partial charge in [0, 0.05) is 11.5 Å². The molecule has 1 unspecified atom stereocenters. The molecule has 0 bridgehead atoms. The molecule has 306 valence electrons. The highest BCUT2D eigenvalue weighted by molar-refractivity contribution is 5.60. The van der Waals surface area contributed by atoms with E-state index >= 15 is 0 Å². The quantitative estimate of drug-likeness (QED) is 0.0909. The van der Waals surface area contributed by atoms with E-state index in [-0.39, 0.29) is 12.5 Å². The molecule has 7 nitrogen and oxygen atoms in total. The second-order valence-corrected chi connectivity index (χ2v) is 14.8. The van der Waals surface area contributed by atoms with Crippen LogP contribution in [-0.4, -0.2) is 47.1 Å². The predicted octanol–water partition coefficient (Wildman–Crippen LogP) is 10.7. The van der Waals surface area contributed by atoms with Gasteiger partial charge in [-0.1, -0.05) is 140 Å². The molecule has 1 aromatic heterocycles. The van der Waals surface area contributed by atoms with Crippen molar-refractivity contribution in [1.29, 1.82) is 0 Å². The molecule has 0 radical (unpaired) electrons. The molecular formula is C49H49F3N2O5. The van der Waals surface area contributed by atoms with E-state index in [2.05, 4.69) is 16.9 Å². The van der Waals surface area contributed by atoms with Gasteiger partial charge in [0.1, 0.15) is 24.4 Å². The number of nitrogens with zero attached hydrogens (tertiary/aromatic N) is 2. The molecule has 0 saturated carbocycles. The Labute approximate surface area is 344 Å². The van der Waals surface area contributed by atoms with Gasteiger partial charge in [0.25, 0.3) is 0 Å². The Morgan fingerprint density at radius 3 is 1.59 bits per heavy atom. The SMILES string of the molecule is CCC(c1ccc(-c2cnc(C(F)(F)F)cn2)cc1C)[C@H]1O[C@H](COCc2ccccc2)[C@@H](OCc2ccccc2)[C@H](OCc2ccccc2)[C@@H]1OCc1ccccc1. The van der Waals surface area contributed by atoms with Gasteiger partial charge >= 0.3 is 6.18 Å². The van der Waals surface area contributed by atoms with Gasteiger partial charge in [0.15, 0.2) is 5.69 Å². The average molecular weight is 803 g/mol. The summed E-state index contributed by atoms with van der Waals surface area (Å²) in [5.74, 6) is -0.182. The van der Waals surface area contributed by atoms with Crippen LogP contribution in [0.2, 0.25) is 0 Å². The van der Waals surface area contributed by atoms with E-state index in [4.69, 9.17) is 23.7 Å². The van der Waals surface area contributed by atoms with Crippen molar-refractivity contribution in [3.8, 4) is 11.3 Å². The molecule has 1 fully saturated rings. The highest BCUT2D eigenvalue weighted by Crippen LogP contribution is 2.40. The van der Waals surface area contributed by atoms with Crippen molar-refractivity contribution in [1.82, 2.24) is 9.97 Å². The summed E-state index contributed by atoms with van der Waals surface area (Å²) < 4.78 is 74.3. The minimum absolute atomic E-state index is 0.182. The predicted molar refractivity (Wildman–Crippen MR) is 220 cm³/mol. The second kappa shape index (κ2) is 20.2. The lowest BCUT2D eigenvalue weighted by atomic mass is 9.80. The number of benzene rings is 5. The van der Waals surface area contributed by atoms with Crippen molar-refractivity contribution >= 4 is 0 Å². The fraction of sp³-hybridized carbons (Fsp3) is 0.306. The van der Waals surface area contributed by atoms with E-state index in [1.165, 1.54) is 0 Å². The number of ether oxygens (including phenoxy) is 5. The number of hydrogen-bond donors (Lipinski definition) is 0. The van der Waals surface area contributed by atoms with Gasteiger partial charge in [-0.3, -0.25) is 4.98 Å². The molecule has 7 rings (SSSR count). The van der Waals surface area contributed by atoms with Crippen LogP contribution in [0.25, 0.3) is 11.3 Å².